The van der Waals surface area contributed by atoms with Crippen molar-refractivity contribution in [2.24, 2.45) is 7.05 Å². The van der Waals surface area contributed by atoms with Crippen LogP contribution in [0.4, 0.5) is 11.6 Å². The van der Waals surface area contributed by atoms with Gasteiger partial charge in [0.25, 0.3) is 0 Å². The van der Waals surface area contributed by atoms with Gasteiger partial charge in [0.1, 0.15) is 5.52 Å². The average Bonchev–Trinajstić information content (AvgIpc) is 3.26. The van der Waals surface area contributed by atoms with E-state index in [9.17, 15) is 13.2 Å². The van der Waals surface area contributed by atoms with Gasteiger partial charge in [-0.05, 0) is 43.0 Å². The van der Waals surface area contributed by atoms with Crippen LogP contribution in [0.25, 0.3) is 11.2 Å². The molecule has 0 amide bonds. The summed E-state index contributed by atoms with van der Waals surface area (Å²) >= 11 is 0. The van der Waals surface area contributed by atoms with E-state index in [1.54, 1.807) is 34.5 Å². The van der Waals surface area contributed by atoms with Gasteiger partial charge in [0.05, 0.1) is 11.1 Å². The van der Waals surface area contributed by atoms with E-state index in [4.69, 9.17) is 9.72 Å². The van der Waals surface area contributed by atoms with E-state index in [2.05, 4.69) is 4.98 Å². The third kappa shape index (κ3) is 3.02. The Balaban J connectivity index is 1.59. The first-order chi connectivity index (χ1) is 14.3. The number of hydrogen-bond acceptors (Lipinski definition) is 7. The Hall–Kier alpha value is -2.72. The number of rotatable bonds is 3. The minimum absolute atomic E-state index is 0.0564. The first kappa shape index (κ1) is 19.3. The standard InChI is InChI=1S/C20H23N5O4S/c1-23-17-12-21-19(22-18(17)25(20(23)26)14-6-9-29-10-7-14)24-8-5-13-11-15(30(2,27)28)3-4-16(13)24/h3-4,11-12,14H,5-10H2,1-2H3. The Labute approximate surface area is 173 Å². The summed E-state index contributed by atoms with van der Waals surface area (Å²) in [5, 5.41) is 0. The van der Waals surface area contributed by atoms with Crippen LogP contribution < -0.4 is 10.6 Å². The zero-order chi connectivity index (χ0) is 21.0. The van der Waals surface area contributed by atoms with Gasteiger partial charge >= 0.3 is 5.69 Å². The summed E-state index contributed by atoms with van der Waals surface area (Å²) in [6.45, 7) is 1.92. The molecule has 0 aliphatic carbocycles. The van der Waals surface area contributed by atoms with Crippen molar-refractivity contribution >= 4 is 32.6 Å². The molecular formula is C20H23N5O4S. The van der Waals surface area contributed by atoms with E-state index in [0.717, 1.165) is 24.1 Å². The molecule has 2 aliphatic rings. The van der Waals surface area contributed by atoms with Crippen molar-refractivity contribution in [1.82, 2.24) is 19.1 Å². The summed E-state index contributed by atoms with van der Waals surface area (Å²) < 4.78 is 32.6. The van der Waals surface area contributed by atoms with Crippen molar-refractivity contribution in [2.75, 3.05) is 30.9 Å². The largest absolute Gasteiger partial charge is 0.381 e. The van der Waals surface area contributed by atoms with Gasteiger partial charge in [0, 0.05) is 44.8 Å². The molecule has 0 spiro atoms. The highest BCUT2D eigenvalue weighted by molar-refractivity contribution is 7.90. The smallest absolute Gasteiger partial charge is 0.330 e. The zero-order valence-corrected chi connectivity index (χ0v) is 17.7. The second-order valence-electron chi connectivity index (χ2n) is 7.90. The van der Waals surface area contributed by atoms with Crippen molar-refractivity contribution in [3.8, 4) is 0 Å². The van der Waals surface area contributed by atoms with E-state index in [1.807, 2.05) is 11.0 Å². The molecule has 1 aromatic carbocycles. The second-order valence-corrected chi connectivity index (χ2v) is 9.91. The van der Waals surface area contributed by atoms with Crippen molar-refractivity contribution in [1.29, 1.82) is 0 Å². The number of sulfone groups is 1. The fourth-order valence-electron chi connectivity index (χ4n) is 4.35. The summed E-state index contributed by atoms with van der Waals surface area (Å²) in [6.07, 6.45) is 5.17. The van der Waals surface area contributed by atoms with Gasteiger partial charge in [-0.2, -0.15) is 4.98 Å². The zero-order valence-electron chi connectivity index (χ0n) is 16.9. The van der Waals surface area contributed by atoms with Crippen LogP contribution in [0, 0.1) is 0 Å². The maximum absolute atomic E-state index is 12.9. The molecule has 4 heterocycles. The lowest BCUT2D eigenvalue weighted by molar-refractivity contribution is 0.0695. The van der Waals surface area contributed by atoms with E-state index in [-0.39, 0.29) is 11.7 Å². The summed E-state index contributed by atoms with van der Waals surface area (Å²) in [5.74, 6) is 0.514. The molecule has 30 heavy (non-hydrogen) atoms. The van der Waals surface area contributed by atoms with E-state index >= 15 is 0 Å². The van der Waals surface area contributed by atoms with Crippen molar-refractivity contribution in [3.05, 3.63) is 40.4 Å². The molecule has 0 radical (unpaired) electrons. The van der Waals surface area contributed by atoms with Gasteiger partial charge in [-0.15, -0.1) is 0 Å². The molecule has 3 aromatic rings. The highest BCUT2D eigenvalue weighted by Gasteiger charge is 2.27. The molecule has 0 atom stereocenters. The Morgan fingerprint density at radius 3 is 2.70 bits per heavy atom. The number of aromatic nitrogens is 4. The summed E-state index contributed by atoms with van der Waals surface area (Å²) in [5.41, 5.74) is 3.08. The highest BCUT2D eigenvalue weighted by Crippen LogP contribution is 2.35. The first-order valence-corrected chi connectivity index (χ1v) is 11.9. The SMILES string of the molecule is Cn1c(=O)n(C2CCOCC2)c2nc(N3CCc4cc(S(C)(=O)=O)ccc43)ncc21. The molecule has 9 nitrogen and oxygen atoms in total. The van der Waals surface area contributed by atoms with Crippen molar-refractivity contribution in [2.45, 2.75) is 30.2 Å². The minimum atomic E-state index is -3.26. The third-order valence-electron chi connectivity index (χ3n) is 5.99. The molecule has 5 rings (SSSR count). The number of nitrogens with zero attached hydrogens (tertiary/aromatic N) is 5. The van der Waals surface area contributed by atoms with Crippen molar-refractivity contribution in [3.63, 3.8) is 0 Å². The van der Waals surface area contributed by atoms with Crippen LogP contribution in [0.2, 0.25) is 0 Å². The highest BCUT2D eigenvalue weighted by atomic mass is 32.2. The van der Waals surface area contributed by atoms with Crippen LogP contribution in [-0.2, 0) is 28.0 Å². The lowest BCUT2D eigenvalue weighted by atomic mass is 10.1. The Morgan fingerprint density at radius 1 is 1.20 bits per heavy atom. The molecule has 0 saturated carbocycles. The summed E-state index contributed by atoms with van der Waals surface area (Å²) in [4.78, 5) is 24.5. The van der Waals surface area contributed by atoms with E-state index in [0.29, 0.717) is 48.2 Å². The van der Waals surface area contributed by atoms with Gasteiger partial charge in [-0.1, -0.05) is 0 Å². The fraction of sp³-hybridized carbons (Fsp3) is 0.450. The third-order valence-corrected chi connectivity index (χ3v) is 7.10. The van der Waals surface area contributed by atoms with E-state index < -0.39 is 9.84 Å². The predicted octanol–water partition coefficient (Wildman–Crippen LogP) is 1.58. The lowest BCUT2D eigenvalue weighted by Crippen LogP contribution is -2.30. The molecule has 10 heteroatoms. The molecule has 0 unspecified atom stereocenters. The van der Waals surface area contributed by atoms with Gasteiger partial charge in [-0.3, -0.25) is 9.13 Å². The molecule has 1 saturated heterocycles. The molecule has 0 N–H and O–H groups in total. The number of aryl methyl sites for hydroxylation is 1. The topological polar surface area (TPSA) is 99.3 Å². The summed E-state index contributed by atoms with van der Waals surface area (Å²) in [6, 6.07) is 5.21. The molecule has 2 aliphatic heterocycles. The number of ether oxygens (including phenoxy) is 1. The van der Waals surface area contributed by atoms with Crippen LogP contribution in [0.1, 0.15) is 24.4 Å². The first-order valence-electron chi connectivity index (χ1n) is 9.97. The molecule has 158 valence electrons. The van der Waals surface area contributed by atoms with Crippen LogP contribution >= 0.6 is 0 Å². The minimum Gasteiger partial charge on any atom is -0.381 e. The lowest BCUT2D eigenvalue weighted by Gasteiger charge is -2.23. The van der Waals surface area contributed by atoms with Gasteiger partial charge in [-0.25, -0.2) is 18.2 Å². The van der Waals surface area contributed by atoms with Crippen molar-refractivity contribution < 1.29 is 13.2 Å². The number of anilines is 2. The van der Waals surface area contributed by atoms with Crippen LogP contribution in [0.5, 0.6) is 0 Å². The number of fused-ring (bicyclic) bond motifs is 2. The maximum Gasteiger partial charge on any atom is 0.330 e. The van der Waals surface area contributed by atoms with Gasteiger partial charge in [0.15, 0.2) is 15.5 Å². The quantitative estimate of drug-likeness (QED) is 0.623. The summed E-state index contributed by atoms with van der Waals surface area (Å²) in [7, 11) is -1.52. The van der Waals surface area contributed by atoms with E-state index in [1.165, 1.54) is 6.26 Å². The number of hydrogen-bond donors (Lipinski definition) is 0. The monoisotopic (exact) mass is 429 g/mol. The maximum atomic E-state index is 12.9. The fourth-order valence-corrected chi connectivity index (χ4v) is 5.02. The molecule has 0 bridgehead atoms. The molecule has 2 aromatic heterocycles. The average molecular weight is 430 g/mol. The van der Waals surface area contributed by atoms with Gasteiger partial charge < -0.3 is 9.64 Å². The van der Waals surface area contributed by atoms with Crippen LogP contribution in [-0.4, -0.2) is 53.5 Å². The molecular weight excluding hydrogens is 406 g/mol. The van der Waals surface area contributed by atoms with Gasteiger partial charge in [0.2, 0.25) is 5.95 Å². The van der Waals surface area contributed by atoms with Crippen LogP contribution in [0.15, 0.2) is 34.1 Å². The number of imidazole rings is 1. The number of benzene rings is 1. The second kappa shape index (κ2) is 6.92. The predicted molar refractivity (Wildman–Crippen MR) is 112 cm³/mol. The normalized spacial score (nSPS) is 17.6. The van der Waals surface area contributed by atoms with Crippen LogP contribution in [0.3, 0.4) is 0 Å². The Bertz CT molecular complexity index is 1300. The molecule has 1 fully saturated rings. The Kier molecular flexibility index (Phi) is 4.44. The Morgan fingerprint density at radius 2 is 1.97 bits per heavy atom.